The van der Waals surface area contributed by atoms with Crippen LogP contribution >= 0.6 is 11.9 Å². The van der Waals surface area contributed by atoms with Crippen LogP contribution in [0.1, 0.15) is 27.9 Å². The lowest BCUT2D eigenvalue weighted by atomic mass is 9.81. The van der Waals surface area contributed by atoms with E-state index in [4.69, 9.17) is 4.52 Å². The molecule has 5 rings (SSSR count). The molecule has 1 aromatic heterocycles. The van der Waals surface area contributed by atoms with Gasteiger partial charge in [-0.15, -0.1) is 0 Å². The van der Waals surface area contributed by atoms with Gasteiger partial charge in [0, 0.05) is 17.4 Å². The Hall–Kier alpha value is -3.51. The first-order valence-electron chi connectivity index (χ1n) is 11.2. The van der Waals surface area contributed by atoms with Gasteiger partial charge in [0.05, 0.1) is 24.2 Å². The maximum atomic E-state index is 11.9. The Morgan fingerprint density at radius 3 is 2.32 bits per heavy atom. The molecule has 1 aliphatic rings. The first kappa shape index (κ1) is 22.3. The van der Waals surface area contributed by atoms with Crippen molar-refractivity contribution in [2.75, 3.05) is 10.6 Å². The molecule has 0 amide bonds. The number of fused-ring (bicyclic) bond motifs is 3. The summed E-state index contributed by atoms with van der Waals surface area (Å²) in [5, 5.41) is 14.3. The molecule has 0 bridgehead atoms. The molecule has 0 spiro atoms. The van der Waals surface area contributed by atoms with Crippen LogP contribution in [-0.4, -0.2) is 22.5 Å². The molecule has 1 aliphatic heterocycles. The first-order chi connectivity index (χ1) is 16.4. The Balaban J connectivity index is 1.88. The molecule has 2 heterocycles. The van der Waals surface area contributed by atoms with E-state index >= 15 is 0 Å². The van der Waals surface area contributed by atoms with Crippen LogP contribution in [0.3, 0.4) is 0 Å². The molecule has 0 fully saturated rings. The number of carbonyl (C=O) groups is 1. The molecule has 1 N–H and O–H groups in total. The molecule has 0 aliphatic carbocycles. The lowest BCUT2D eigenvalue weighted by Gasteiger charge is -2.33. The maximum absolute atomic E-state index is 11.9. The summed E-state index contributed by atoms with van der Waals surface area (Å²) >= 11 is 1.62. The van der Waals surface area contributed by atoms with Crippen molar-refractivity contribution >= 4 is 23.6 Å². The standard InChI is InChI=1S/C28H26N2O3S/c1-16-10-12-19(13-11-16)24-18(3)25-26-22(29-33-28(26)20-8-6-5-7-9-20)15-30(34-4)27(25)17(2)21(24)14-23(31)32/h5-13H,14-15H2,1-4H3,(H,31,32). The number of benzene rings is 3. The van der Waals surface area contributed by atoms with Crippen LogP contribution < -0.4 is 4.31 Å². The molecule has 5 nitrogen and oxygen atoms in total. The normalized spacial score (nSPS) is 12.4. The van der Waals surface area contributed by atoms with E-state index in [1.54, 1.807) is 11.9 Å². The van der Waals surface area contributed by atoms with Crippen LogP contribution in [0.25, 0.3) is 33.6 Å². The topological polar surface area (TPSA) is 66.6 Å². The minimum Gasteiger partial charge on any atom is -0.481 e. The van der Waals surface area contributed by atoms with Gasteiger partial charge in [-0.3, -0.25) is 4.79 Å². The van der Waals surface area contributed by atoms with E-state index in [1.807, 2.05) is 43.5 Å². The van der Waals surface area contributed by atoms with Crippen LogP contribution in [0.4, 0.5) is 5.69 Å². The van der Waals surface area contributed by atoms with E-state index in [-0.39, 0.29) is 6.42 Å². The van der Waals surface area contributed by atoms with Gasteiger partial charge in [0.15, 0.2) is 5.76 Å². The summed E-state index contributed by atoms with van der Waals surface area (Å²) in [5.41, 5.74) is 11.0. The van der Waals surface area contributed by atoms with Gasteiger partial charge in [-0.25, -0.2) is 0 Å². The molecule has 6 heteroatoms. The third-order valence-corrected chi connectivity index (χ3v) is 7.33. The average Bonchev–Trinajstić information content (AvgIpc) is 3.26. The summed E-state index contributed by atoms with van der Waals surface area (Å²) in [5.74, 6) is -0.0843. The summed E-state index contributed by atoms with van der Waals surface area (Å²) in [6, 6.07) is 18.3. The van der Waals surface area contributed by atoms with Gasteiger partial charge in [-0.1, -0.05) is 77.3 Å². The summed E-state index contributed by atoms with van der Waals surface area (Å²) in [7, 11) is 0. The summed E-state index contributed by atoms with van der Waals surface area (Å²) < 4.78 is 8.12. The van der Waals surface area contributed by atoms with E-state index in [2.05, 4.69) is 47.6 Å². The van der Waals surface area contributed by atoms with Crippen LogP contribution in [0.2, 0.25) is 0 Å². The van der Waals surface area contributed by atoms with Gasteiger partial charge in [0.25, 0.3) is 0 Å². The van der Waals surface area contributed by atoms with Crippen molar-refractivity contribution in [3.05, 3.63) is 82.5 Å². The molecule has 3 aromatic carbocycles. The second-order valence-electron chi connectivity index (χ2n) is 8.68. The van der Waals surface area contributed by atoms with Crippen LogP contribution in [0.5, 0.6) is 0 Å². The molecule has 0 unspecified atom stereocenters. The van der Waals surface area contributed by atoms with Crippen molar-refractivity contribution in [1.82, 2.24) is 5.16 Å². The third kappa shape index (κ3) is 3.59. The number of aliphatic carboxylic acids is 1. The van der Waals surface area contributed by atoms with Crippen LogP contribution in [0.15, 0.2) is 59.1 Å². The quantitative estimate of drug-likeness (QED) is 0.323. The Labute approximate surface area is 203 Å². The lowest BCUT2D eigenvalue weighted by Crippen LogP contribution is -2.22. The van der Waals surface area contributed by atoms with E-state index in [0.29, 0.717) is 6.54 Å². The fraction of sp³-hybridized carbons (Fsp3) is 0.214. The molecule has 0 saturated carbocycles. The highest BCUT2D eigenvalue weighted by molar-refractivity contribution is 7.99. The number of aryl methyl sites for hydroxylation is 1. The minimum absolute atomic E-state index is 0.0343. The number of nitrogens with zero attached hydrogens (tertiary/aromatic N) is 2. The smallest absolute Gasteiger partial charge is 0.307 e. The number of carboxylic acids is 1. The molecule has 4 aromatic rings. The van der Waals surface area contributed by atoms with Crippen molar-refractivity contribution in [1.29, 1.82) is 0 Å². The van der Waals surface area contributed by atoms with Crippen molar-refractivity contribution in [3.63, 3.8) is 0 Å². The lowest BCUT2D eigenvalue weighted by molar-refractivity contribution is -0.136. The van der Waals surface area contributed by atoms with Gasteiger partial charge in [0.1, 0.15) is 5.69 Å². The monoisotopic (exact) mass is 470 g/mol. The van der Waals surface area contributed by atoms with Crippen molar-refractivity contribution in [3.8, 4) is 33.6 Å². The predicted molar refractivity (Wildman–Crippen MR) is 138 cm³/mol. The molecular weight excluding hydrogens is 444 g/mol. The Morgan fingerprint density at radius 2 is 1.68 bits per heavy atom. The number of aromatic nitrogens is 1. The number of hydrogen-bond acceptors (Lipinski definition) is 5. The van der Waals surface area contributed by atoms with Gasteiger partial charge < -0.3 is 13.9 Å². The zero-order chi connectivity index (χ0) is 24.0. The Morgan fingerprint density at radius 1 is 0.971 bits per heavy atom. The highest BCUT2D eigenvalue weighted by atomic mass is 32.2. The predicted octanol–water partition coefficient (Wildman–Crippen LogP) is 6.83. The second kappa shape index (κ2) is 8.69. The number of rotatable bonds is 5. The fourth-order valence-corrected chi connectivity index (χ4v) is 5.66. The van der Waals surface area contributed by atoms with E-state index in [0.717, 1.165) is 67.2 Å². The molecule has 0 saturated heterocycles. The Bertz CT molecular complexity index is 1390. The summed E-state index contributed by atoms with van der Waals surface area (Å²) in [4.78, 5) is 11.9. The van der Waals surface area contributed by atoms with Crippen LogP contribution in [0, 0.1) is 20.8 Å². The zero-order valence-electron chi connectivity index (χ0n) is 19.7. The largest absolute Gasteiger partial charge is 0.481 e. The Kier molecular flexibility index (Phi) is 5.70. The molecule has 0 atom stereocenters. The summed E-state index contributed by atoms with van der Waals surface area (Å²) in [6.07, 6.45) is 2.00. The highest BCUT2D eigenvalue weighted by Gasteiger charge is 2.34. The van der Waals surface area contributed by atoms with E-state index < -0.39 is 5.97 Å². The van der Waals surface area contributed by atoms with E-state index in [1.165, 1.54) is 0 Å². The first-order valence-corrected chi connectivity index (χ1v) is 12.4. The van der Waals surface area contributed by atoms with Gasteiger partial charge in [0.2, 0.25) is 0 Å². The van der Waals surface area contributed by atoms with Crippen molar-refractivity contribution in [2.24, 2.45) is 0 Å². The van der Waals surface area contributed by atoms with Crippen molar-refractivity contribution in [2.45, 2.75) is 33.7 Å². The van der Waals surface area contributed by atoms with Gasteiger partial charge >= 0.3 is 5.97 Å². The summed E-state index contributed by atoms with van der Waals surface area (Å²) in [6.45, 7) is 6.78. The molecule has 0 radical (unpaired) electrons. The highest BCUT2D eigenvalue weighted by Crippen LogP contribution is 2.52. The fourth-order valence-electron chi connectivity index (χ4n) is 4.99. The maximum Gasteiger partial charge on any atom is 0.307 e. The zero-order valence-corrected chi connectivity index (χ0v) is 20.5. The minimum atomic E-state index is -0.835. The SMILES string of the molecule is CSN1Cc2noc(-c3ccccc3)c2-c2c(C)c(-c3ccc(C)cc3)c(CC(=O)O)c(C)c21. The second-order valence-corrected chi connectivity index (χ2v) is 9.49. The average molecular weight is 471 g/mol. The number of hydrogen-bond donors (Lipinski definition) is 1. The third-order valence-electron chi connectivity index (χ3n) is 6.58. The molecule has 34 heavy (non-hydrogen) atoms. The number of anilines is 1. The molecular formula is C28H26N2O3S. The number of carboxylic acid groups (broad SMARTS) is 1. The van der Waals surface area contributed by atoms with Gasteiger partial charge in [-0.05, 0) is 48.6 Å². The molecule has 172 valence electrons. The van der Waals surface area contributed by atoms with Crippen molar-refractivity contribution < 1.29 is 14.4 Å². The van der Waals surface area contributed by atoms with Gasteiger partial charge in [-0.2, -0.15) is 0 Å². The van der Waals surface area contributed by atoms with E-state index in [9.17, 15) is 9.90 Å². The van der Waals surface area contributed by atoms with Crippen LogP contribution in [-0.2, 0) is 17.8 Å².